The molecular weight excluding hydrogens is 378 g/mol. The Morgan fingerprint density at radius 3 is 2.70 bits per heavy atom. The van der Waals surface area contributed by atoms with Gasteiger partial charge in [0, 0.05) is 21.5 Å². The minimum atomic E-state index is -1.80. The molecule has 1 aliphatic heterocycles. The van der Waals surface area contributed by atoms with Crippen molar-refractivity contribution in [2.45, 2.75) is 25.9 Å². The van der Waals surface area contributed by atoms with Crippen LogP contribution < -0.4 is 4.90 Å². The number of anilines is 1. The first-order chi connectivity index (χ1) is 10.9. The van der Waals surface area contributed by atoms with Crippen molar-refractivity contribution in [3.8, 4) is 0 Å². The van der Waals surface area contributed by atoms with Crippen LogP contribution in [0.4, 0.5) is 5.69 Å². The Morgan fingerprint density at radius 1 is 1.35 bits per heavy atom. The molecule has 0 fully saturated rings. The van der Waals surface area contributed by atoms with Gasteiger partial charge in [-0.25, -0.2) is 0 Å². The van der Waals surface area contributed by atoms with E-state index in [1.54, 1.807) is 18.2 Å². The number of fused-ring (bicyclic) bond motifs is 1. The van der Waals surface area contributed by atoms with Gasteiger partial charge in [-0.15, -0.1) is 11.3 Å². The molecule has 2 heterocycles. The van der Waals surface area contributed by atoms with E-state index in [9.17, 15) is 14.7 Å². The number of rotatable bonds is 4. The number of benzene rings is 1. The average molecular weight is 394 g/mol. The molecule has 1 N–H and O–H groups in total. The number of carbonyl (C=O) groups is 2. The SMILES string of the molecule is CCN1C(=O)[C@](O)(CC(=O)c2ccc(C)s2)c2cc(Br)ccc21. The topological polar surface area (TPSA) is 57.6 Å². The Bertz CT molecular complexity index is 801. The highest BCUT2D eigenvalue weighted by Crippen LogP contribution is 2.44. The molecule has 1 atom stereocenters. The summed E-state index contributed by atoms with van der Waals surface area (Å²) in [7, 11) is 0. The summed E-state index contributed by atoms with van der Waals surface area (Å²) < 4.78 is 0.764. The van der Waals surface area contributed by atoms with Crippen molar-refractivity contribution in [1.82, 2.24) is 0 Å². The molecule has 3 rings (SSSR count). The maximum Gasteiger partial charge on any atom is 0.264 e. The van der Waals surface area contributed by atoms with Crippen LogP contribution >= 0.6 is 27.3 Å². The zero-order valence-electron chi connectivity index (χ0n) is 12.8. The third-order valence-corrected chi connectivity index (χ3v) is 5.58. The first-order valence-electron chi connectivity index (χ1n) is 7.31. The molecule has 23 heavy (non-hydrogen) atoms. The quantitative estimate of drug-likeness (QED) is 0.806. The number of hydrogen-bond acceptors (Lipinski definition) is 4. The molecule has 1 amide bonds. The number of halogens is 1. The fourth-order valence-corrected chi connectivity index (χ4v) is 4.08. The minimum absolute atomic E-state index is 0.220. The number of thiophene rings is 1. The summed E-state index contributed by atoms with van der Waals surface area (Å²) in [5.41, 5.74) is -0.650. The standard InChI is InChI=1S/C17H16BrNO3S/c1-3-19-13-6-5-11(18)8-12(13)17(22,16(19)21)9-14(20)15-7-4-10(2)23-15/h4-8,22H,3,9H2,1-2H3/t17-/m0/s1. The summed E-state index contributed by atoms with van der Waals surface area (Å²) in [5.74, 6) is -0.655. The molecule has 0 saturated heterocycles. The zero-order chi connectivity index (χ0) is 16.8. The van der Waals surface area contributed by atoms with Crippen LogP contribution in [-0.2, 0) is 10.4 Å². The Hall–Kier alpha value is -1.50. The highest BCUT2D eigenvalue weighted by atomic mass is 79.9. The molecule has 120 valence electrons. The number of carbonyl (C=O) groups excluding carboxylic acids is 2. The van der Waals surface area contributed by atoms with E-state index < -0.39 is 11.5 Å². The van der Waals surface area contributed by atoms with Crippen molar-refractivity contribution in [3.05, 3.63) is 50.1 Å². The highest BCUT2D eigenvalue weighted by Gasteiger charge is 2.50. The average Bonchev–Trinajstić information content (AvgIpc) is 3.02. The van der Waals surface area contributed by atoms with E-state index >= 15 is 0 Å². The maximum absolute atomic E-state index is 12.7. The Morgan fingerprint density at radius 2 is 2.09 bits per heavy atom. The van der Waals surface area contributed by atoms with E-state index in [4.69, 9.17) is 0 Å². The van der Waals surface area contributed by atoms with Crippen LogP contribution in [0.1, 0.15) is 33.5 Å². The number of aryl methyl sites for hydroxylation is 1. The lowest BCUT2D eigenvalue weighted by molar-refractivity contribution is -0.135. The van der Waals surface area contributed by atoms with Crippen molar-refractivity contribution < 1.29 is 14.7 Å². The third kappa shape index (κ3) is 2.65. The lowest BCUT2D eigenvalue weighted by Crippen LogP contribution is -2.41. The van der Waals surface area contributed by atoms with Crippen LogP contribution in [0, 0.1) is 6.92 Å². The molecule has 1 aromatic heterocycles. The molecule has 6 heteroatoms. The van der Waals surface area contributed by atoms with E-state index in [1.165, 1.54) is 16.2 Å². The zero-order valence-corrected chi connectivity index (χ0v) is 15.2. The van der Waals surface area contributed by atoms with Crippen LogP contribution in [0.15, 0.2) is 34.8 Å². The van der Waals surface area contributed by atoms with E-state index in [0.717, 1.165) is 9.35 Å². The summed E-state index contributed by atoms with van der Waals surface area (Å²) in [6.07, 6.45) is -0.244. The van der Waals surface area contributed by atoms with Gasteiger partial charge in [0.15, 0.2) is 11.4 Å². The second kappa shape index (κ2) is 5.85. The number of nitrogens with zero attached hydrogens (tertiary/aromatic N) is 1. The van der Waals surface area contributed by atoms with Gasteiger partial charge in [-0.2, -0.15) is 0 Å². The first kappa shape index (κ1) is 16.4. The van der Waals surface area contributed by atoms with Gasteiger partial charge in [0.25, 0.3) is 5.91 Å². The van der Waals surface area contributed by atoms with Crippen LogP contribution in [-0.4, -0.2) is 23.3 Å². The summed E-state index contributed by atoms with van der Waals surface area (Å²) in [6, 6.07) is 8.94. The van der Waals surface area contributed by atoms with E-state index in [2.05, 4.69) is 15.9 Å². The van der Waals surface area contributed by atoms with E-state index in [-0.39, 0.29) is 12.2 Å². The monoisotopic (exact) mass is 393 g/mol. The summed E-state index contributed by atoms with van der Waals surface area (Å²) in [4.78, 5) is 28.3. The van der Waals surface area contributed by atoms with Crippen molar-refractivity contribution in [2.24, 2.45) is 0 Å². The molecule has 1 aromatic carbocycles. The van der Waals surface area contributed by atoms with Crippen LogP contribution in [0.5, 0.6) is 0 Å². The molecule has 0 saturated carbocycles. The van der Waals surface area contributed by atoms with Gasteiger partial charge in [0.1, 0.15) is 0 Å². The van der Waals surface area contributed by atoms with Crippen LogP contribution in [0.3, 0.4) is 0 Å². The molecule has 1 aliphatic rings. The minimum Gasteiger partial charge on any atom is -0.375 e. The number of likely N-dealkylation sites (N-methyl/N-ethyl adjacent to an activating group) is 1. The lowest BCUT2D eigenvalue weighted by atomic mass is 9.89. The van der Waals surface area contributed by atoms with Gasteiger partial charge in [-0.3, -0.25) is 9.59 Å². The van der Waals surface area contributed by atoms with Crippen LogP contribution in [0.2, 0.25) is 0 Å². The predicted molar refractivity (Wildman–Crippen MR) is 94.1 cm³/mol. The maximum atomic E-state index is 12.7. The Balaban J connectivity index is 2.02. The molecule has 0 radical (unpaired) electrons. The van der Waals surface area contributed by atoms with Gasteiger partial charge < -0.3 is 10.0 Å². The summed E-state index contributed by atoms with van der Waals surface area (Å²) >= 11 is 4.74. The van der Waals surface area contributed by atoms with Crippen molar-refractivity contribution in [2.75, 3.05) is 11.4 Å². The lowest BCUT2D eigenvalue weighted by Gasteiger charge is -2.21. The molecular formula is C17H16BrNO3S. The highest BCUT2D eigenvalue weighted by molar-refractivity contribution is 9.10. The van der Waals surface area contributed by atoms with Crippen molar-refractivity contribution in [1.29, 1.82) is 0 Å². The summed E-state index contributed by atoms with van der Waals surface area (Å²) in [6.45, 7) is 4.21. The number of aliphatic hydroxyl groups is 1. The first-order valence-corrected chi connectivity index (χ1v) is 8.91. The number of ketones is 1. The van der Waals surface area contributed by atoms with Gasteiger partial charge in [-0.1, -0.05) is 15.9 Å². The number of Topliss-reactive ketones (excluding diaryl/α,β-unsaturated/α-hetero) is 1. The smallest absolute Gasteiger partial charge is 0.264 e. The predicted octanol–water partition coefficient (Wildman–Crippen LogP) is 3.65. The Labute approximate surface area is 146 Å². The largest absolute Gasteiger partial charge is 0.375 e. The van der Waals surface area contributed by atoms with E-state index in [0.29, 0.717) is 22.7 Å². The normalized spacial score (nSPS) is 20.0. The summed E-state index contributed by atoms with van der Waals surface area (Å²) in [5, 5.41) is 11.0. The van der Waals surface area contributed by atoms with Gasteiger partial charge in [-0.05, 0) is 44.2 Å². The fraction of sp³-hybridized carbons (Fsp3) is 0.294. The van der Waals surface area contributed by atoms with Crippen molar-refractivity contribution >= 4 is 44.6 Å². The van der Waals surface area contributed by atoms with Gasteiger partial charge >= 0.3 is 0 Å². The molecule has 0 unspecified atom stereocenters. The second-order valence-corrected chi connectivity index (χ2v) is 7.78. The fourth-order valence-electron chi connectivity index (χ4n) is 2.91. The van der Waals surface area contributed by atoms with Gasteiger partial charge in [0.2, 0.25) is 0 Å². The molecule has 0 spiro atoms. The Kier molecular flexibility index (Phi) is 4.16. The molecule has 0 aliphatic carbocycles. The van der Waals surface area contributed by atoms with Gasteiger partial charge in [0.05, 0.1) is 17.0 Å². The van der Waals surface area contributed by atoms with E-state index in [1.807, 2.05) is 26.0 Å². The van der Waals surface area contributed by atoms with Crippen molar-refractivity contribution in [3.63, 3.8) is 0 Å². The molecule has 0 bridgehead atoms. The third-order valence-electron chi connectivity index (χ3n) is 4.04. The second-order valence-electron chi connectivity index (χ2n) is 5.58. The van der Waals surface area contributed by atoms with Crippen LogP contribution in [0.25, 0.3) is 0 Å². The molecule has 2 aromatic rings. The number of hydrogen-bond donors (Lipinski definition) is 1. The molecule has 4 nitrogen and oxygen atoms in total. The number of amides is 1.